The van der Waals surface area contributed by atoms with Crippen molar-refractivity contribution in [2.24, 2.45) is 5.41 Å². The number of allylic oxidation sites excluding steroid dienone is 1. The van der Waals surface area contributed by atoms with Gasteiger partial charge in [0.1, 0.15) is 0 Å². The van der Waals surface area contributed by atoms with E-state index in [4.69, 9.17) is 9.47 Å². The summed E-state index contributed by atoms with van der Waals surface area (Å²) in [6.07, 6.45) is 1.17. The Hall–Kier alpha value is -2.50. The lowest BCUT2D eigenvalue weighted by Crippen LogP contribution is -2.49. The van der Waals surface area contributed by atoms with E-state index >= 15 is 0 Å². The van der Waals surface area contributed by atoms with Crippen LogP contribution >= 0.6 is 0 Å². The SMILES string of the molecule is COc1ccc([C@H]2NC(=O)N(C)C3=C2C(=O)CC(C)(C)C3)cc1OC. The number of rotatable bonds is 3. The van der Waals surface area contributed by atoms with Gasteiger partial charge in [0.05, 0.1) is 20.3 Å². The lowest BCUT2D eigenvalue weighted by atomic mass is 9.72. The van der Waals surface area contributed by atoms with Crippen LogP contribution in [0.25, 0.3) is 0 Å². The summed E-state index contributed by atoms with van der Waals surface area (Å²) >= 11 is 0. The zero-order valence-electron chi connectivity index (χ0n) is 15.3. The highest BCUT2D eigenvalue weighted by atomic mass is 16.5. The highest BCUT2D eigenvalue weighted by Crippen LogP contribution is 2.44. The first-order valence-electron chi connectivity index (χ1n) is 8.30. The van der Waals surface area contributed by atoms with Gasteiger partial charge >= 0.3 is 6.03 Å². The summed E-state index contributed by atoms with van der Waals surface area (Å²) in [4.78, 5) is 26.9. The maximum absolute atomic E-state index is 12.9. The Morgan fingerprint density at radius 1 is 1.12 bits per heavy atom. The van der Waals surface area contributed by atoms with Crippen LogP contribution in [0.1, 0.15) is 38.3 Å². The molecule has 1 aliphatic heterocycles. The number of amides is 2. The largest absolute Gasteiger partial charge is 0.493 e. The summed E-state index contributed by atoms with van der Waals surface area (Å²) in [5, 5.41) is 2.94. The average Bonchev–Trinajstić information content (AvgIpc) is 2.56. The molecule has 1 heterocycles. The van der Waals surface area contributed by atoms with E-state index in [2.05, 4.69) is 19.2 Å². The molecule has 2 aliphatic rings. The van der Waals surface area contributed by atoms with Gasteiger partial charge < -0.3 is 19.7 Å². The molecule has 6 nitrogen and oxygen atoms in total. The van der Waals surface area contributed by atoms with E-state index in [1.807, 2.05) is 12.1 Å². The predicted octanol–water partition coefficient (Wildman–Crippen LogP) is 3.04. The molecule has 2 amide bonds. The molecule has 0 bridgehead atoms. The van der Waals surface area contributed by atoms with Crippen molar-refractivity contribution in [3.63, 3.8) is 0 Å². The molecule has 0 aromatic heterocycles. The van der Waals surface area contributed by atoms with E-state index in [9.17, 15) is 9.59 Å². The number of carbonyl (C=O) groups is 2. The lowest BCUT2D eigenvalue weighted by molar-refractivity contribution is -0.118. The first-order chi connectivity index (χ1) is 11.8. The summed E-state index contributed by atoms with van der Waals surface area (Å²) in [6, 6.07) is 4.78. The Labute approximate surface area is 147 Å². The molecule has 0 saturated carbocycles. The van der Waals surface area contributed by atoms with Crippen LogP contribution < -0.4 is 14.8 Å². The molecule has 1 aromatic carbocycles. The lowest BCUT2D eigenvalue weighted by Gasteiger charge is -2.42. The summed E-state index contributed by atoms with van der Waals surface area (Å²) in [7, 11) is 4.85. The maximum atomic E-state index is 12.9. The zero-order valence-corrected chi connectivity index (χ0v) is 15.3. The molecule has 25 heavy (non-hydrogen) atoms. The third-order valence-electron chi connectivity index (χ3n) is 4.90. The van der Waals surface area contributed by atoms with Crippen LogP contribution in [0.2, 0.25) is 0 Å². The first kappa shape index (κ1) is 17.3. The second-order valence-corrected chi connectivity index (χ2v) is 7.36. The highest BCUT2D eigenvalue weighted by molar-refractivity contribution is 6.01. The standard InChI is InChI=1S/C19H24N2O4/c1-19(2)9-12-16(13(22)10-19)17(20-18(23)21(12)3)11-6-7-14(24-4)15(8-11)25-5/h6-8,17H,9-10H2,1-5H3,(H,20,23)/t17-/m1/s1. The molecule has 0 radical (unpaired) electrons. The van der Waals surface area contributed by atoms with Crippen LogP contribution in [0.4, 0.5) is 4.79 Å². The number of ether oxygens (including phenoxy) is 2. The number of hydrogen-bond acceptors (Lipinski definition) is 4. The van der Waals surface area contributed by atoms with Crippen molar-refractivity contribution in [3.05, 3.63) is 35.0 Å². The Morgan fingerprint density at radius 3 is 2.44 bits per heavy atom. The van der Waals surface area contributed by atoms with E-state index in [1.165, 1.54) is 0 Å². The zero-order chi connectivity index (χ0) is 18.4. The maximum Gasteiger partial charge on any atom is 0.322 e. The van der Waals surface area contributed by atoms with Gasteiger partial charge in [-0.3, -0.25) is 4.79 Å². The fourth-order valence-corrected chi connectivity index (χ4v) is 3.63. The van der Waals surface area contributed by atoms with E-state index in [0.717, 1.165) is 11.3 Å². The summed E-state index contributed by atoms with van der Waals surface area (Å²) in [5.74, 6) is 1.26. The predicted molar refractivity (Wildman–Crippen MR) is 93.6 cm³/mol. The first-order valence-corrected chi connectivity index (χ1v) is 8.30. The molecular formula is C19H24N2O4. The molecule has 1 aliphatic carbocycles. The number of nitrogens with zero attached hydrogens (tertiary/aromatic N) is 1. The smallest absolute Gasteiger partial charge is 0.322 e. The van der Waals surface area contributed by atoms with E-state index in [-0.39, 0.29) is 17.2 Å². The molecule has 1 aromatic rings. The monoisotopic (exact) mass is 344 g/mol. The van der Waals surface area contributed by atoms with Crippen LogP contribution in [0.5, 0.6) is 11.5 Å². The van der Waals surface area contributed by atoms with Crippen LogP contribution in [0.15, 0.2) is 29.5 Å². The van der Waals surface area contributed by atoms with Crippen molar-refractivity contribution in [2.75, 3.05) is 21.3 Å². The van der Waals surface area contributed by atoms with Gasteiger partial charge in [0.15, 0.2) is 17.3 Å². The molecule has 1 atom stereocenters. The second-order valence-electron chi connectivity index (χ2n) is 7.36. The number of urea groups is 1. The Morgan fingerprint density at radius 2 is 1.80 bits per heavy atom. The quantitative estimate of drug-likeness (QED) is 0.915. The normalized spacial score (nSPS) is 22.4. The third-order valence-corrected chi connectivity index (χ3v) is 4.90. The Kier molecular flexibility index (Phi) is 4.22. The molecular weight excluding hydrogens is 320 g/mol. The van der Waals surface area contributed by atoms with Crippen LogP contribution in [0, 0.1) is 5.41 Å². The van der Waals surface area contributed by atoms with Gasteiger partial charge in [-0.2, -0.15) is 0 Å². The van der Waals surface area contributed by atoms with Crippen LogP contribution in [-0.2, 0) is 4.79 Å². The number of ketones is 1. The number of nitrogens with one attached hydrogen (secondary N) is 1. The molecule has 134 valence electrons. The molecule has 6 heteroatoms. The van der Waals surface area contributed by atoms with Crippen molar-refractivity contribution in [2.45, 2.75) is 32.7 Å². The van der Waals surface area contributed by atoms with Crippen molar-refractivity contribution >= 4 is 11.8 Å². The topological polar surface area (TPSA) is 67.9 Å². The van der Waals surface area contributed by atoms with Crippen molar-refractivity contribution in [1.82, 2.24) is 10.2 Å². The van der Waals surface area contributed by atoms with Crippen molar-refractivity contribution < 1.29 is 19.1 Å². The minimum Gasteiger partial charge on any atom is -0.493 e. The van der Waals surface area contributed by atoms with Crippen molar-refractivity contribution in [3.8, 4) is 11.5 Å². The molecule has 1 N–H and O–H groups in total. The number of hydrogen-bond donors (Lipinski definition) is 1. The molecule has 0 fully saturated rings. The van der Waals surface area contributed by atoms with Gasteiger partial charge in [0, 0.05) is 24.7 Å². The van der Waals surface area contributed by atoms with Gasteiger partial charge in [0.2, 0.25) is 0 Å². The number of carbonyl (C=O) groups excluding carboxylic acids is 2. The van der Waals surface area contributed by atoms with Gasteiger partial charge in [0.25, 0.3) is 0 Å². The minimum absolute atomic E-state index is 0.0814. The molecule has 0 unspecified atom stereocenters. The Bertz CT molecular complexity index is 767. The Balaban J connectivity index is 2.11. The summed E-state index contributed by atoms with van der Waals surface area (Å²) in [5.41, 5.74) is 2.14. The van der Waals surface area contributed by atoms with Crippen molar-refractivity contribution in [1.29, 1.82) is 0 Å². The van der Waals surface area contributed by atoms with Gasteiger partial charge in [-0.1, -0.05) is 19.9 Å². The van der Waals surface area contributed by atoms with Crippen LogP contribution in [0.3, 0.4) is 0 Å². The number of benzene rings is 1. The van der Waals surface area contributed by atoms with Gasteiger partial charge in [-0.05, 0) is 29.5 Å². The average molecular weight is 344 g/mol. The highest BCUT2D eigenvalue weighted by Gasteiger charge is 2.42. The number of methoxy groups -OCH3 is 2. The molecule has 0 saturated heterocycles. The number of Topliss-reactive ketones (excluding diaryl/α,β-unsaturated/α-hetero) is 1. The molecule has 0 spiro atoms. The fourth-order valence-electron chi connectivity index (χ4n) is 3.63. The summed E-state index contributed by atoms with van der Waals surface area (Å²) in [6.45, 7) is 4.11. The van der Waals surface area contributed by atoms with Gasteiger partial charge in [-0.25, -0.2) is 4.79 Å². The third kappa shape index (κ3) is 2.97. The second kappa shape index (κ2) is 6.10. The fraction of sp³-hybridized carbons (Fsp3) is 0.474. The van der Waals surface area contributed by atoms with E-state index in [0.29, 0.717) is 29.9 Å². The minimum atomic E-state index is -0.470. The van der Waals surface area contributed by atoms with Crippen LogP contribution in [-0.4, -0.2) is 38.0 Å². The van der Waals surface area contributed by atoms with Gasteiger partial charge in [-0.15, -0.1) is 0 Å². The summed E-state index contributed by atoms with van der Waals surface area (Å²) < 4.78 is 10.6. The van der Waals surface area contributed by atoms with E-state index < -0.39 is 6.04 Å². The van der Waals surface area contributed by atoms with E-state index in [1.54, 1.807) is 32.2 Å². The molecule has 3 rings (SSSR count).